The molecule has 3 aromatic carbocycles. The number of amides is 1. The minimum Gasteiger partial charge on any atom is -0.486 e. The van der Waals surface area contributed by atoms with E-state index in [1.165, 1.54) is 6.92 Å². The lowest BCUT2D eigenvalue weighted by Crippen LogP contribution is -2.39. The molecule has 5 rings (SSSR count). The Kier molecular flexibility index (Phi) is 6.25. The number of aliphatic hydroxyl groups is 1. The third kappa shape index (κ3) is 4.63. The number of aromatic amines is 1. The van der Waals surface area contributed by atoms with Gasteiger partial charge in [-0.3, -0.25) is 9.59 Å². The lowest BCUT2D eigenvalue weighted by atomic mass is 9.98. The zero-order valence-corrected chi connectivity index (χ0v) is 19.3. The largest absolute Gasteiger partial charge is 0.486 e. The summed E-state index contributed by atoms with van der Waals surface area (Å²) in [5.74, 6) is 0.519. The number of benzene rings is 3. The highest BCUT2D eigenvalue weighted by molar-refractivity contribution is 6.00. The lowest BCUT2D eigenvalue weighted by Gasteiger charge is -2.23. The van der Waals surface area contributed by atoms with Crippen LogP contribution in [-0.4, -0.2) is 47.6 Å². The zero-order valence-electron chi connectivity index (χ0n) is 19.3. The van der Waals surface area contributed by atoms with Crippen molar-refractivity contribution in [3.8, 4) is 22.6 Å². The number of para-hydroxylation sites is 1. The number of carbonyl (C=O) groups is 2. The van der Waals surface area contributed by atoms with Crippen molar-refractivity contribution in [2.24, 2.45) is 0 Å². The van der Waals surface area contributed by atoms with Crippen molar-refractivity contribution in [2.75, 3.05) is 19.8 Å². The molecular weight excluding hydrogens is 444 g/mol. The average Bonchev–Trinajstić information content (AvgIpc) is 3.30. The second-order valence-electron chi connectivity index (χ2n) is 8.60. The number of nitrogens with one attached hydrogen (secondary N) is 2. The van der Waals surface area contributed by atoms with E-state index in [9.17, 15) is 14.7 Å². The molecule has 7 nitrogen and oxygen atoms in total. The summed E-state index contributed by atoms with van der Waals surface area (Å²) < 4.78 is 11.6. The van der Waals surface area contributed by atoms with Crippen molar-refractivity contribution in [1.29, 1.82) is 0 Å². The molecule has 0 aliphatic carbocycles. The fourth-order valence-electron chi connectivity index (χ4n) is 4.38. The minimum atomic E-state index is -0.486. The number of carbonyl (C=O) groups excluding carboxylic acids is 2. The molecule has 0 spiro atoms. The van der Waals surface area contributed by atoms with Crippen molar-refractivity contribution >= 4 is 22.6 Å². The van der Waals surface area contributed by atoms with Gasteiger partial charge in [0.2, 0.25) is 0 Å². The maximum Gasteiger partial charge on any atom is 0.255 e. The molecule has 35 heavy (non-hydrogen) atoms. The van der Waals surface area contributed by atoms with E-state index in [0.29, 0.717) is 42.3 Å². The van der Waals surface area contributed by atoms with Gasteiger partial charge in [-0.05, 0) is 48.2 Å². The molecule has 4 aromatic rings. The van der Waals surface area contributed by atoms with E-state index in [-0.39, 0.29) is 18.3 Å². The summed E-state index contributed by atoms with van der Waals surface area (Å²) in [5.41, 5.74) is 4.59. The van der Waals surface area contributed by atoms with E-state index in [1.807, 2.05) is 48.7 Å². The van der Waals surface area contributed by atoms with Gasteiger partial charge in [-0.2, -0.15) is 0 Å². The number of fused-ring (bicyclic) bond motifs is 2. The fraction of sp³-hybridized carbons (Fsp3) is 0.214. The number of Topliss-reactive ketones (excluding diaryl/α,β-unsaturated/α-hetero) is 1. The third-order valence-electron chi connectivity index (χ3n) is 6.21. The molecule has 0 unspecified atom stereocenters. The van der Waals surface area contributed by atoms with Gasteiger partial charge in [0.15, 0.2) is 17.3 Å². The molecule has 1 atom stereocenters. The average molecular weight is 471 g/mol. The van der Waals surface area contributed by atoms with Gasteiger partial charge in [0.25, 0.3) is 5.91 Å². The molecule has 0 saturated heterocycles. The molecule has 178 valence electrons. The predicted octanol–water partition coefficient (Wildman–Crippen LogP) is 4.14. The number of hydrogen-bond acceptors (Lipinski definition) is 5. The molecule has 7 heteroatoms. The standard InChI is InChI=1S/C28H26N2O5/c1-17(32)18-6-8-19(9-7-18)20-13-24(27-26(14-20)34-10-11-35-27)28(33)30-22(16-31)12-21-15-29-25-5-3-2-4-23(21)25/h2-9,13-15,22,29,31H,10-12,16H2,1H3,(H,30,33)/t22-/m1/s1. The molecule has 0 bridgehead atoms. The molecule has 0 radical (unpaired) electrons. The highest BCUT2D eigenvalue weighted by Crippen LogP contribution is 2.38. The van der Waals surface area contributed by atoms with E-state index < -0.39 is 6.04 Å². The molecule has 1 aliphatic heterocycles. The van der Waals surface area contributed by atoms with E-state index in [2.05, 4.69) is 10.3 Å². The van der Waals surface area contributed by atoms with Crippen LogP contribution in [0.4, 0.5) is 0 Å². The number of ether oxygens (including phenoxy) is 2. The summed E-state index contributed by atoms with van der Waals surface area (Å²) >= 11 is 0. The van der Waals surface area contributed by atoms with Crippen LogP contribution in [0.25, 0.3) is 22.0 Å². The Morgan fingerprint density at radius 1 is 1.03 bits per heavy atom. The highest BCUT2D eigenvalue weighted by Gasteiger charge is 2.25. The monoisotopic (exact) mass is 470 g/mol. The summed E-state index contributed by atoms with van der Waals surface area (Å²) in [6, 6.07) is 18.2. The summed E-state index contributed by atoms with van der Waals surface area (Å²) in [4.78, 5) is 28.3. The van der Waals surface area contributed by atoms with Gasteiger partial charge in [0, 0.05) is 22.7 Å². The fourth-order valence-corrected chi connectivity index (χ4v) is 4.38. The zero-order chi connectivity index (χ0) is 24.4. The normalized spacial score (nSPS) is 13.4. The van der Waals surface area contributed by atoms with Crippen LogP contribution in [0.2, 0.25) is 0 Å². The molecule has 1 aliphatic rings. The van der Waals surface area contributed by atoms with Crippen LogP contribution in [0.1, 0.15) is 33.2 Å². The van der Waals surface area contributed by atoms with Crippen molar-refractivity contribution < 1.29 is 24.2 Å². The summed E-state index contributed by atoms with van der Waals surface area (Å²) in [7, 11) is 0. The number of rotatable bonds is 7. The van der Waals surface area contributed by atoms with E-state index in [4.69, 9.17) is 9.47 Å². The second kappa shape index (κ2) is 9.64. The molecule has 0 saturated carbocycles. The van der Waals surface area contributed by atoms with E-state index in [1.54, 1.807) is 18.2 Å². The first-order chi connectivity index (χ1) is 17.0. The lowest BCUT2D eigenvalue weighted by molar-refractivity contribution is 0.0905. The number of hydrogen-bond donors (Lipinski definition) is 3. The van der Waals surface area contributed by atoms with Gasteiger partial charge in [-0.25, -0.2) is 0 Å². The van der Waals surface area contributed by atoms with Crippen molar-refractivity contribution in [2.45, 2.75) is 19.4 Å². The molecular formula is C28H26N2O5. The van der Waals surface area contributed by atoms with Crippen molar-refractivity contribution in [3.63, 3.8) is 0 Å². The summed E-state index contributed by atoms with van der Waals surface area (Å²) in [6.45, 7) is 2.05. The van der Waals surface area contributed by atoms with E-state index in [0.717, 1.165) is 27.6 Å². The number of aliphatic hydroxyl groups excluding tert-OH is 1. The Hall–Kier alpha value is -4.10. The highest BCUT2D eigenvalue weighted by atomic mass is 16.6. The molecule has 0 fully saturated rings. The van der Waals surface area contributed by atoms with E-state index >= 15 is 0 Å². The second-order valence-corrected chi connectivity index (χ2v) is 8.60. The van der Waals surface area contributed by atoms with Crippen LogP contribution in [0.15, 0.2) is 66.9 Å². The number of aromatic nitrogens is 1. The topological polar surface area (TPSA) is 101 Å². The molecule has 1 amide bonds. The number of H-pyrrole nitrogens is 1. The van der Waals surface area contributed by atoms with Crippen LogP contribution >= 0.6 is 0 Å². The van der Waals surface area contributed by atoms with Gasteiger partial charge in [-0.15, -0.1) is 0 Å². The maximum absolute atomic E-state index is 13.4. The van der Waals surface area contributed by atoms with Gasteiger partial charge in [0.1, 0.15) is 13.2 Å². The Morgan fingerprint density at radius 2 is 1.80 bits per heavy atom. The minimum absolute atomic E-state index is 0.0102. The molecule has 2 heterocycles. The quantitative estimate of drug-likeness (QED) is 0.353. The Morgan fingerprint density at radius 3 is 2.57 bits per heavy atom. The summed E-state index contributed by atoms with van der Waals surface area (Å²) in [6.07, 6.45) is 2.38. The number of ketones is 1. The van der Waals surface area contributed by atoms with Gasteiger partial charge >= 0.3 is 0 Å². The van der Waals surface area contributed by atoms with Crippen molar-refractivity contribution in [3.05, 3.63) is 83.6 Å². The first-order valence-electron chi connectivity index (χ1n) is 11.5. The van der Waals surface area contributed by atoms with Crippen LogP contribution in [0.5, 0.6) is 11.5 Å². The Bertz CT molecular complexity index is 1390. The third-order valence-corrected chi connectivity index (χ3v) is 6.21. The first kappa shape index (κ1) is 22.7. The van der Waals surface area contributed by atoms with Gasteiger partial charge < -0.3 is 24.9 Å². The van der Waals surface area contributed by atoms with Crippen LogP contribution < -0.4 is 14.8 Å². The van der Waals surface area contributed by atoms with Gasteiger partial charge in [-0.1, -0.05) is 42.5 Å². The Balaban J connectivity index is 1.43. The molecule has 1 aromatic heterocycles. The van der Waals surface area contributed by atoms with Crippen molar-refractivity contribution in [1.82, 2.24) is 10.3 Å². The van der Waals surface area contributed by atoms with Crippen LogP contribution in [0, 0.1) is 0 Å². The predicted molar refractivity (Wildman–Crippen MR) is 133 cm³/mol. The maximum atomic E-state index is 13.4. The molecule has 3 N–H and O–H groups in total. The summed E-state index contributed by atoms with van der Waals surface area (Å²) in [5, 5.41) is 14.0. The smallest absolute Gasteiger partial charge is 0.255 e. The Labute approximate surface area is 202 Å². The van der Waals surface area contributed by atoms with Crippen LogP contribution in [0.3, 0.4) is 0 Å². The van der Waals surface area contributed by atoms with Gasteiger partial charge in [0.05, 0.1) is 18.2 Å². The SMILES string of the molecule is CC(=O)c1ccc(-c2cc3c(c(C(=O)N[C@@H](CO)Cc4c[nH]c5ccccc45)c2)OCCO3)cc1. The van der Waals surface area contributed by atoms with Crippen LogP contribution in [-0.2, 0) is 6.42 Å². The first-order valence-corrected chi connectivity index (χ1v) is 11.5.